The molecule has 54 heavy (non-hydrogen) atoms. The van der Waals surface area contributed by atoms with Crippen LogP contribution >= 0.6 is 0 Å². The second kappa shape index (κ2) is 13.6. The molecule has 2 aromatic heterocycles. The Kier molecular flexibility index (Phi) is 8.36. The molecular weight excluding hydrogens is 673 g/mol. The fourth-order valence-corrected chi connectivity index (χ4v) is 8.79. The molecule has 4 aliphatic rings. The second-order valence-corrected chi connectivity index (χ2v) is 14.2. The molecule has 4 aliphatic heterocycles. The number of anilines is 2. The predicted octanol–water partition coefficient (Wildman–Crippen LogP) is 6.46. The van der Waals surface area contributed by atoms with E-state index in [1.54, 1.807) is 18.7 Å². The van der Waals surface area contributed by atoms with Crippen molar-refractivity contribution in [2.45, 2.75) is 50.6 Å². The molecule has 10 heteroatoms. The second-order valence-electron chi connectivity index (χ2n) is 14.2. The van der Waals surface area contributed by atoms with Gasteiger partial charge in [-0.25, -0.2) is 9.97 Å². The van der Waals surface area contributed by atoms with Crippen LogP contribution < -0.4 is 9.80 Å². The zero-order valence-corrected chi connectivity index (χ0v) is 29.6. The Morgan fingerprint density at radius 2 is 1.13 bits per heavy atom. The molecule has 2 unspecified atom stereocenters. The lowest BCUT2D eigenvalue weighted by Crippen LogP contribution is -2.32. The van der Waals surface area contributed by atoms with E-state index in [4.69, 9.17) is 0 Å². The van der Waals surface area contributed by atoms with E-state index < -0.39 is 0 Å². The van der Waals surface area contributed by atoms with Gasteiger partial charge in [-0.15, -0.1) is 0 Å². The Balaban J connectivity index is 0.000000142. The molecule has 0 saturated carbocycles. The quantitative estimate of drug-likeness (QED) is 0.196. The third-order valence-electron chi connectivity index (χ3n) is 11.1. The minimum absolute atomic E-state index is 0.0472. The Morgan fingerprint density at radius 1 is 0.574 bits per heavy atom. The summed E-state index contributed by atoms with van der Waals surface area (Å²) in [6, 6.07) is 28.7. The van der Waals surface area contributed by atoms with Gasteiger partial charge in [0.1, 0.15) is 0 Å². The first-order valence-electron chi connectivity index (χ1n) is 18.4. The molecule has 0 aliphatic carbocycles. The zero-order valence-electron chi connectivity index (χ0n) is 29.6. The monoisotopic (exact) mass is 708 g/mol. The van der Waals surface area contributed by atoms with Crippen molar-refractivity contribution in [1.29, 1.82) is 10.5 Å². The predicted molar refractivity (Wildman–Crippen MR) is 203 cm³/mol. The molecule has 2 atom stereocenters. The number of aryl methyl sites for hydroxylation is 2. The molecule has 0 saturated heterocycles. The summed E-state index contributed by atoms with van der Waals surface area (Å²) in [5.74, 6) is 0.469. The molecular formula is C44H36N8O2. The van der Waals surface area contributed by atoms with Crippen molar-refractivity contribution in [1.82, 2.24) is 19.1 Å². The van der Waals surface area contributed by atoms with Crippen LogP contribution in [0.4, 0.5) is 11.4 Å². The van der Waals surface area contributed by atoms with Crippen LogP contribution in [0.2, 0.25) is 0 Å². The van der Waals surface area contributed by atoms with E-state index in [-0.39, 0.29) is 23.9 Å². The summed E-state index contributed by atoms with van der Waals surface area (Å²) in [6.45, 7) is 1.55. The van der Waals surface area contributed by atoms with E-state index in [0.29, 0.717) is 24.0 Å². The Bertz CT molecular complexity index is 2510. The minimum atomic E-state index is -0.114. The summed E-state index contributed by atoms with van der Waals surface area (Å²) in [5.41, 5.74) is 12.9. The molecule has 0 N–H and O–H groups in total. The number of amides is 2. The third-order valence-corrected chi connectivity index (χ3v) is 11.1. The normalized spacial score (nSPS) is 16.1. The first-order chi connectivity index (χ1) is 26.5. The van der Waals surface area contributed by atoms with E-state index in [1.807, 2.05) is 75.6 Å². The van der Waals surface area contributed by atoms with Crippen LogP contribution in [-0.2, 0) is 35.3 Å². The number of hydrogen-bond acceptors (Lipinski definition) is 6. The molecule has 2 amide bonds. The van der Waals surface area contributed by atoms with Gasteiger partial charge in [-0.05, 0) is 88.4 Å². The summed E-state index contributed by atoms with van der Waals surface area (Å²) in [5, 5.41) is 18.9. The lowest BCUT2D eigenvalue weighted by molar-refractivity contribution is -0.119. The van der Waals surface area contributed by atoms with Crippen LogP contribution in [0.1, 0.15) is 80.6 Å². The first-order valence-corrected chi connectivity index (χ1v) is 18.4. The lowest BCUT2D eigenvalue weighted by Gasteiger charge is -2.28. The molecule has 0 bridgehead atoms. The molecule has 6 aromatic rings. The lowest BCUT2D eigenvalue weighted by atomic mass is 9.89. The van der Waals surface area contributed by atoms with Gasteiger partial charge < -0.3 is 18.9 Å². The van der Waals surface area contributed by atoms with Crippen molar-refractivity contribution in [2.24, 2.45) is 0 Å². The zero-order chi connectivity index (χ0) is 36.8. The van der Waals surface area contributed by atoms with Crippen LogP contribution in [-0.4, -0.2) is 44.0 Å². The summed E-state index contributed by atoms with van der Waals surface area (Å²) in [4.78, 5) is 36.7. The largest absolute Gasteiger partial charge is 0.326 e. The third kappa shape index (κ3) is 5.73. The van der Waals surface area contributed by atoms with E-state index >= 15 is 0 Å². The maximum Gasteiger partial charge on any atom is 0.227 e. The van der Waals surface area contributed by atoms with Crippen LogP contribution in [0, 0.1) is 22.7 Å². The maximum absolute atomic E-state index is 12.2. The average molecular weight is 709 g/mol. The number of rotatable bonds is 6. The SMILES string of the molecule is N#Cc1cccc(C(c2cc3c4c(c2)CCN4C(=O)CC3)n2ccnc2)c1.N#Cc1ccccc1C(c1cc2c3c(c1)CCN3C(=O)CC2)n1ccnc1. The van der Waals surface area contributed by atoms with Crippen molar-refractivity contribution >= 4 is 23.2 Å². The number of hydrogen-bond donors (Lipinski definition) is 0. The molecule has 10 rings (SSSR count). The topological polar surface area (TPSA) is 124 Å². The summed E-state index contributed by atoms with van der Waals surface area (Å²) >= 11 is 0. The molecule has 264 valence electrons. The van der Waals surface area contributed by atoms with E-state index in [1.165, 1.54) is 27.8 Å². The van der Waals surface area contributed by atoms with Crippen LogP contribution in [0.5, 0.6) is 0 Å². The highest BCUT2D eigenvalue weighted by Crippen LogP contribution is 2.42. The van der Waals surface area contributed by atoms with Crippen molar-refractivity contribution in [3.8, 4) is 12.1 Å². The van der Waals surface area contributed by atoms with E-state index in [0.717, 1.165) is 66.8 Å². The summed E-state index contributed by atoms with van der Waals surface area (Å²) in [7, 11) is 0. The van der Waals surface area contributed by atoms with Crippen molar-refractivity contribution in [3.63, 3.8) is 0 Å². The number of benzene rings is 4. The molecule has 0 spiro atoms. The highest BCUT2D eigenvalue weighted by Gasteiger charge is 2.34. The first kappa shape index (κ1) is 33.1. The van der Waals surface area contributed by atoms with Gasteiger partial charge in [0.15, 0.2) is 0 Å². The number of carbonyl (C=O) groups is 2. The number of nitrogens with zero attached hydrogens (tertiary/aromatic N) is 8. The number of aromatic nitrogens is 4. The van der Waals surface area contributed by atoms with Gasteiger partial charge in [0.25, 0.3) is 0 Å². The van der Waals surface area contributed by atoms with E-state index in [2.05, 4.69) is 57.0 Å². The van der Waals surface area contributed by atoms with Crippen LogP contribution in [0.15, 0.2) is 110 Å². The summed E-state index contributed by atoms with van der Waals surface area (Å²) in [6.07, 6.45) is 15.6. The van der Waals surface area contributed by atoms with E-state index in [9.17, 15) is 20.1 Å². The van der Waals surface area contributed by atoms with Gasteiger partial charge in [0.05, 0.1) is 59.4 Å². The van der Waals surface area contributed by atoms with Gasteiger partial charge in [-0.2, -0.15) is 10.5 Å². The van der Waals surface area contributed by atoms with Gasteiger partial charge in [0.2, 0.25) is 11.8 Å². The Morgan fingerprint density at radius 3 is 1.69 bits per heavy atom. The van der Waals surface area contributed by atoms with Crippen molar-refractivity contribution < 1.29 is 9.59 Å². The van der Waals surface area contributed by atoms with Crippen LogP contribution in [0.25, 0.3) is 0 Å². The highest BCUT2D eigenvalue weighted by molar-refractivity contribution is 5.99. The van der Waals surface area contributed by atoms with Crippen molar-refractivity contribution in [2.75, 3.05) is 22.9 Å². The maximum atomic E-state index is 12.2. The molecule has 10 nitrogen and oxygen atoms in total. The fraction of sp³-hybridized carbons (Fsp3) is 0.227. The average Bonchev–Trinajstić information content (AvgIpc) is 4.05. The van der Waals surface area contributed by atoms with Crippen LogP contribution in [0.3, 0.4) is 0 Å². The number of carbonyl (C=O) groups excluding carboxylic acids is 2. The van der Waals surface area contributed by atoms with Gasteiger partial charge in [-0.1, -0.05) is 54.6 Å². The minimum Gasteiger partial charge on any atom is -0.326 e. The number of imidazole rings is 2. The highest BCUT2D eigenvalue weighted by atomic mass is 16.2. The van der Waals surface area contributed by atoms with Gasteiger partial charge in [0, 0.05) is 50.7 Å². The summed E-state index contributed by atoms with van der Waals surface area (Å²) < 4.78 is 4.12. The molecule has 4 aromatic carbocycles. The molecule has 0 radical (unpaired) electrons. The standard InChI is InChI=1S/2C22H18N4O/c23-13-15-2-1-3-16(10-15)21(25-9-7-24-14-25)19-11-17-4-5-20(27)26-8-6-18(12-19)22(17)26;23-13-17-3-1-2-4-19(17)22(25-10-8-24-14-25)18-11-15-5-6-20(27)26-9-7-16(12-18)21(15)26/h1-3,7,9-12,14,21H,4-6,8H2;1-4,8,10-12,14,22H,5-7,9H2. The molecule has 0 fully saturated rings. The van der Waals surface area contributed by atoms with Crippen molar-refractivity contribution in [3.05, 3.63) is 166 Å². The molecule has 6 heterocycles. The van der Waals surface area contributed by atoms with Gasteiger partial charge >= 0.3 is 0 Å². The Labute approximate surface area is 313 Å². The van der Waals surface area contributed by atoms with Gasteiger partial charge in [-0.3, -0.25) is 9.59 Å². The smallest absolute Gasteiger partial charge is 0.227 e. The fourth-order valence-electron chi connectivity index (χ4n) is 8.79. The number of nitriles is 2. The Hall–Kier alpha value is -6.78.